The van der Waals surface area contributed by atoms with Gasteiger partial charge in [-0.1, -0.05) is 29.4 Å². The molecule has 0 spiro atoms. The zero-order chi connectivity index (χ0) is 13.9. The van der Waals surface area contributed by atoms with Gasteiger partial charge in [0.25, 0.3) is 0 Å². The van der Waals surface area contributed by atoms with Crippen LogP contribution in [0.4, 0.5) is 0 Å². The molecule has 0 radical (unpaired) electrons. The van der Waals surface area contributed by atoms with Crippen LogP contribution < -0.4 is 10.6 Å². The number of aryl methyl sites for hydroxylation is 1. The summed E-state index contributed by atoms with van der Waals surface area (Å²) in [5.74, 6) is 1.01. The normalized spacial score (nSPS) is 18.9. The standard InChI is InChI=1S/C14H16N4O2/c1-9-4-2-3-5-10(9)13-17-12(20-18-13)8-11-14(19)16-7-6-15-11/h2-5,11,15H,6-8H2,1H3,(H,16,19). The van der Waals surface area contributed by atoms with Crippen LogP contribution in [0.5, 0.6) is 0 Å². The molecule has 3 rings (SSSR count). The minimum atomic E-state index is -0.297. The van der Waals surface area contributed by atoms with Crippen LogP contribution >= 0.6 is 0 Å². The number of hydrogen-bond donors (Lipinski definition) is 2. The van der Waals surface area contributed by atoms with Crippen molar-refractivity contribution in [2.24, 2.45) is 0 Å². The molecule has 20 heavy (non-hydrogen) atoms. The summed E-state index contributed by atoms with van der Waals surface area (Å²) in [5.41, 5.74) is 2.04. The molecule has 2 N–H and O–H groups in total. The van der Waals surface area contributed by atoms with E-state index < -0.39 is 0 Å². The molecular weight excluding hydrogens is 256 g/mol. The topological polar surface area (TPSA) is 80.0 Å². The van der Waals surface area contributed by atoms with E-state index in [-0.39, 0.29) is 11.9 Å². The molecule has 1 unspecified atom stereocenters. The van der Waals surface area contributed by atoms with Crippen LogP contribution in [-0.2, 0) is 11.2 Å². The second kappa shape index (κ2) is 5.42. The molecule has 6 heteroatoms. The van der Waals surface area contributed by atoms with Crippen LogP contribution in [-0.4, -0.2) is 35.2 Å². The van der Waals surface area contributed by atoms with Crippen molar-refractivity contribution >= 4 is 5.91 Å². The maximum atomic E-state index is 11.7. The minimum absolute atomic E-state index is 0.0214. The number of rotatable bonds is 3. The number of nitrogens with zero attached hydrogens (tertiary/aromatic N) is 2. The largest absolute Gasteiger partial charge is 0.353 e. The van der Waals surface area contributed by atoms with Crippen molar-refractivity contribution in [3.8, 4) is 11.4 Å². The molecule has 1 amide bonds. The zero-order valence-corrected chi connectivity index (χ0v) is 11.2. The molecule has 104 valence electrons. The Balaban J connectivity index is 1.77. The molecule has 1 fully saturated rings. The summed E-state index contributed by atoms with van der Waals surface area (Å²) >= 11 is 0. The van der Waals surface area contributed by atoms with Gasteiger partial charge in [0.1, 0.15) is 0 Å². The van der Waals surface area contributed by atoms with E-state index in [9.17, 15) is 4.79 Å². The maximum absolute atomic E-state index is 11.7. The van der Waals surface area contributed by atoms with E-state index in [1.54, 1.807) is 0 Å². The van der Waals surface area contributed by atoms with Crippen LogP contribution in [0, 0.1) is 6.92 Å². The molecule has 1 aromatic heterocycles. The number of aromatic nitrogens is 2. The third-order valence-electron chi connectivity index (χ3n) is 3.36. The second-order valence-corrected chi connectivity index (χ2v) is 4.83. The van der Waals surface area contributed by atoms with E-state index >= 15 is 0 Å². The lowest BCUT2D eigenvalue weighted by atomic mass is 10.1. The number of hydrogen-bond acceptors (Lipinski definition) is 5. The minimum Gasteiger partial charge on any atom is -0.353 e. The van der Waals surface area contributed by atoms with Gasteiger partial charge < -0.3 is 15.2 Å². The first-order valence-electron chi connectivity index (χ1n) is 6.64. The number of benzene rings is 1. The average Bonchev–Trinajstić information content (AvgIpc) is 2.90. The molecule has 2 heterocycles. The van der Waals surface area contributed by atoms with Gasteiger partial charge in [-0.2, -0.15) is 4.98 Å². The highest BCUT2D eigenvalue weighted by molar-refractivity contribution is 5.82. The van der Waals surface area contributed by atoms with Crippen molar-refractivity contribution in [1.29, 1.82) is 0 Å². The van der Waals surface area contributed by atoms with Gasteiger partial charge in [-0.25, -0.2) is 0 Å². The maximum Gasteiger partial charge on any atom is 0.237 e. The summed E-state index contributed by atoms with van der Waals surface area (Å²) in [7, 11) is 0. The molecule has 1 aliphatic rings. The van der Waals surface area contributed by atoms with Crippen LogP contribution in [0.15, 0.2) is 28.8 Å². The Kier molecular flexibility index (Phi) is 3.47. The highest BCUT2D eigenvalue weighted by Gasteiger charge is 2.24. The lowest BCUT2D eigenvalue weighted by Crippen LogP contribution is -2.53. The summed E-state index contributed by atoms with van der Waals surface area (Å²) in [4.78, 5) is 16.0. The molecule has 1 atom stereocenters. The fraction of sp³-hybridized carbons (Fsp3) is 0.357. The van der Waals surface area contributed by atoms with Crippen molar-refractivity contribution in [3.05, 3.63) is 35.7 Å². The number of carbonyl (C=O) groups excluding carboxylic acids is 1. The summed E-state index contributed by atoms with van der Waals surface area (Å²) in [5, 5.41) is 9.94. The van der Waals surface area contributed by atoms with Crippen molar-refractivity contribution in [2.45, 2.75) is 19.4 Å². The van der Waals surface area contributed by atoms with Crippen LogP contribution in [0.25, 0.3) is 11.4 Å². The Morgan fingerprint density at radius 2 is 2.20 bits per heavy atom. The monoisotopic (exact) mass is 272 g/mol. The van der Waals surface area contributed by atoms with Gasteiger partial charge in [0.05, 0.1) is 12.5 Å². The Morgan fingerprint density at radius 3 is 3.00 bits per heavy atom. The van der Waals surface area contributed by atoms with Gasteiger partial charge in [0, 0.05) is 18.7 Å². The quantitative estimate of drug-likeness (QED) is 0.858. The van der Waals surface area contributed by atoms with Crippen molar-refractivity contribution in [3.63, 3.8) is 0 Å². The molecule has 1 aliphatic heterocycles. The van der Waals surface area contributed by atoms with Gasteiger partial charge in [0.2, 0.25) is 17.6 Å². The first-order chi connectivity index (χ1) is 9.74. The smallest absolute Gasteiger partial charge is 0.237 e. The zero-order valence-electron chi connectivity index (χ0n) is 11.2. The van der Waals surface area contributed by atoms with Crippen LogP contribution in [0.2, 0.25) is 0 Å². The van der Waals surface area contributed by atoms with Gasteiger partial charge in [-0.3, -0.25) is 4.79 Å². The number of nitrogens with one attached hydrogen (secondary N) is 2. The van der Waals surface area contributed by atoms with E-state index in [0.29, 0.717) is 24.7 Å². The third kappa shape index (κ3) is 2.55. The van der Waals surface area contributed by atoms with Gasteiger partial charge in [-0.05, 0) is 12.5 Å². The van der Waals surface area contributed by atoms with E-state index in [1.807, 2.05) is 31.2 Å². The van der Waals surface area contributed by atoms with Crippen LogP contribution in [0.1, 0.15) is 11.5 Å². The summed E-state index contributed by atoms with van der Waals surface area (Å²) < 4.78 is 5.24. The fourth-order valence-electron chi connectivity index (χ4n) is 2.26. The number of carbonyl (C=O) groups is 1. The summed E-state index contributed by atoms with van der Waals surface area (Å²) in [6.45, 7) is 3.42. The van der Waals surface area contributed by atoms with Crippen molar-refractivity contribution < 1.29 is 9.32 Å². The van der Waals surface area contributed by atoms with E-state index in [4.69, 9.17) is 4.52 Å². The predicted octanol–water partition coefficient (Wildman–Crippen LogP) is 0.676. The predicted molar refractivity (Wildman–Crippen MR) is 73.0 cm³/mol. The first kappa shape index (κ1) is 12.8. The Labute approximate surface area is 116 Å². The molecular formula is C14H16N4O2. The molecule has 2 aromatic rings. The Hall–Kier alpha value is -2.21. The van der Waals surface area contributed by atoms with Gasteiger partial charge in [-0.15, -0.1) is 0 Å². The van der Waals surface area contributed by atoms with E-state index in [1.165, 1.54) is 0 Å². The molecule has 0 saturated carbocycles. The van der Waals surface area contributed by atoms with Gasteiger partial charge >= 0.3 is 0 Å². The van der Waals surface area contributed by atoms with Crippen LogP contribution in [0.3, 0.4) is 0 Å². The summed E-state index contributed by atoms with van der Waals surface area (Å²) in [6.07, 6.45) is 0.407. The fourth-order valence-corrected chi connectivity index (χ4v) is 2.26. The van der Waals surface area contributed by atoms with Crippen molar-refractivity contribution in [2.75, 3.05) is 13.1 Å². The molecule has 0 aliphatic carbocycles. The molecule has 1 aromatic carbocycles. The SMILES string of the molecule is Cc1ccccc1-c1noc(CC2NCCNC2=O)n1. The Bertz CT molecular complexity index is 623. The second-order valence-electron chi connectivity index (χ2n) is 4.83. The van der Waals surface area contributed by atoms with E-state index in [2.05, 4.69) is 20.8 Å². The molecule has 1 saturated heterocycles. The highest BCUT2D eigenvalue weighted by atomic mass is 16.5. The summed E-state index contributed by atoms with van der Waals surface area (Å²) in [6, 6.07) is 7.57. The van der Waals surface area contributed by atoms with Gasteiger partial charge in [0.15, 0.2) is 0 Å². The van der Waals surface area contributed by atoms with Crippen molar-refractivity contribution in [1.82, 2.24) is 20.8 Å². The number of piperazine rings is 1. The highest BCUT2D eigenvalue weighted by Crippen LogP contribution is 2.20. The molecule has 0 bridgehead atoms. The molecule has 6 nitrogen and oxygen atoms in total. The Morgan fingerprint density at radius 1 is 1.35 bits per heavy atom. The first-order valence-corrected chi connectivity index (χ1v) is 6.64. The third-order valence-corrected chi connectivity index (χ3v) is 3.36. The lowest BCUT2D eigenvalue weighted by molar-refractivity contribution is -0.124. The average molecular weight is 272 g/mol. The number of amides is 1. The lowest BCUT2D eigenvalue weighted by Gasteiger charge is -2.21. The van der Waals surface area contributed by atoms with E-state index in [0.717, 1.165) is 17.7 Å².